The molecule has 7 heteroatoms. The van der Waals surface area contributed by atoms with Gasteiger partial charge in [0.1, 0.15) is 28.6 Å². The molecule has 2 aromatic heterocycles. The molecule has 2 N–H and O–H groups in total. The second kappa shape index (κ2) is 10.2. The topological polar surface area (TPSA) is 85.3 Å². The van der Waals surface area contributed by atoms with Crippen molar-refractivity contribution in [3.63, 3.8) is 0 Å². The smallest absolute Gasteiger partial charge is 0.272 e. The van der Waals surface area contributed by atoms with Gasteiger partial charge >= 0.3 is 0 Å². The number of carbonyl (C=O) groups excluding carboxylic acids is 1. The largest absolute Gasteiger partial charge is 0.494 e. The van der Waals surface area contributed by atoms with Gasteiger partial charge in [-0.15, -0.1) is 0 Å². The van der Waals surface area contributed by atoms with Crippen molar-refractivity contribution in [3.8, 4) is 22.9 Å². The predicted octanol–water partition coefficient (Wildman–Crippen LogP) is 6.15. The number of hydrogen-bond donors (Lipinski definition) is 2. The number of nitrogens with one attached hydrogen (secondary N) is 2. The van der Waals surface area contributed by atoms with Crippen LogP contribution in [0.15, 0.2) is 102 Å². The molecule has 0 unspecified atom stereocenters. The standard InChI is InChI=1S/C29H25N3O4/c1-2-17-35-23-14-12-22(13-15-23)32-27(33)16-11-20-18-26(31-28(20)32)29(34)30-21-7-6-10-25(19-21)36-24-8-4-3-5-9-24/h3-16,18-19,31H,2,17H2,1H3,(H,30,34). The fourth-order valence-corrected chi connectivity index (χ4v) is 3.87. The van der Waals surface area contributed by atoms with Crippen LogP contribution in [0, 0.1) is 0 Å². The van der Waals surface area contributed by atoms with E-state index in [1.54, 1.807) is 28.8 Å². The van der Waals surface area contributed by atoms with Gasteiger partial charge in [-0.25, -0.2) is 0 Å². The van der Waals surface area contributed by atoms with Gasteiger partial charge in [0.25, 0.3) is 11.5 Å². The first-order chi connectivity index (χ1) is 17.6. The van der Waals surface area contributed by atoms with E-state index in [1.165, 1.54) is 6.07 Å². The number of amides is 1. The summed E-state index contributed by atoms with van der Waals surface area (Å²) in [4.78, 5) is 28.9. The number of fused-ring (bicyclic) bond motifs is 1. The van der Waals surface area contributed by atoms with Crippen LogP contribution in [0.5, 0.6) is 17.2 Å². The number of aromatic nitrogens is 2. The van der Waals surface area contributed by atoms with Crippen LogP contribution in [0.1, 0.15) is 23.8 Å². The highest BCUT2D eigenvalue weighted by Gasteiger charge is 2.14. The zero-order valence-electron chi connectivity index (χ0n) is 19.7. The van der Waals surface area contributed by atoms with Gasteiger partial charge in [0.05, 0.1) is 12.3 Å². The number of pyridine rings is 1. The minimum atomic E-state index is -0.328. The van der Waals surface area contributed by atoms with Gasteiger partial charge in [-0.1, -0.05) is 31.2 Å². The molecule has 0 radical (unpaired) electrons. The summed E-state index contributed by atoms with van der Waals surface area (Å²) in [6, 6.07) is 28.8. The minimum Gasteiger partial charge on any atom is -0.494 e. The Morgan fingerprint density at radius 1 is 0.861 bits per heavy atom. The average Bonchev–Trinajstić information content (AvgIpc) is 3.33. The van der Waals surface area contributed by atoms with Gasteiger partial charge in [-0.2, -0.15) is 0 Å². The maximum atomic E-state index is 13.0. The highest BCUT2D eigenvalue weighted by Crippen LogP contribution is 2.25. The maximum Gasteiger partial charge on any atom is 0.272 e. The van der Waals surface area contributed by atoms with Crippen LogP contribution in [-0.2, 0) is 0 Å². The normalized spacial score (nSPS) is 10.8. The lowest BCUT2D eigenvalue weighted by atomic mass is 10.2. The van der Waals surface area contributed by atoms with Crippen LogP contribution in [0.25, 0.3) is 16.7 Å². The summed E-state index contributed by atoms with van der Waals surface area (Å²) in [5.74, 6) is 1.73. The number of benzene rings is 3. The SMILES string of the molecule is CCCOc1ccc(-n2c(=O)ccc3cc(C(=O)Nc4cccc(Oc5ccccc5)c4)[nH]c32)cc1. The lowest BCUT2D eigenvalue weighted by Crippen LogP contribution is -2.17. The molecule has 5 rings (SSSR count). The van der Waals surface area contributed by atoms with E-state index < -0.39 is 0 Å². The van der Waals surface area contributed by atoms with E-state index in [-0.39, 0.29) is 11.5 Å². The summed E-state index contributed by atoms with van der Waals surface area (Å²) in [7, 11) is 0. The molecule has 36 heavy (non-hydrogen) atoms. The van der Waals surface area contributed by atoms with Crippen molar-refractivity contribution in [1.82, 2.24) is 9.55 Å². The molecule has 2 heterocycles. The van der Waals surface area contributed by atoms with E-state index in [1.807, 2.05) is 73.7 Å². The molecule has 0 bridgehead atoms. The lowest BCUT2D eigenvalue weighted by Gasteiger charge is -2.09. The van der Waals surface area contributed by atoms with Crippen LogP contribution in [0.3, 0.4) is 0 Å². The van der Waals surface area contributed by atoms with Crippen molar-refractivity contribution in [1.29, 1.82) is 0 Å². The van der Waals surface area contributed by atoms with Gasteiger partial charge in [-0.3, -0.25) is 14.2 Å². The monoisotopic (exact) mass is 479 g/mol. The molecule has 0 saturated heterocycles. The van der Waals surface area contributed by atoms with Gasteiger partial charge < -0.3 is 19.8 Å². The van der Waals surface area contributed by atoms with Crippen molar-refractivity contribution in [2.24, 2.45) is 0 Å². The first-order valence-electron chi connectivity index (χ1n) is 11.7. The predicted molar refractivity (Wildman–Crippen MR) is 141 cm³/mol. The maximum absolute atomic E-state index is 13.0. The number of anilines is 1. The Morgan fingerprint density at radius 2 is 1.64 bits per heavy atom. The Labute approximate surface area is 207 Å². The number of hydrogen-bond acceptors (Lipinski definition) is 4. The second-order valence-electron chi connectivity index (χ2n) is 8.23. The first-order valence-corrected chi connectivity index (χ1v) is 11.7. The summed E-state index contributed by atoms with van der Waals surface area (Å²) in [6.45, 7) is 2.67. The molecule has 0 fully saturated rings. The summed E-state index contributed by atoms with van der Waals surface area (Å²) < 4.78 is 13.0. The highest BCUT2D eigenvalue weighted by molar-refractivity contribution is 6.05. The second-order valence-corrected chi connectivity index (χ2v) is 8.23. The quantitative estimate of drug-likeness (QED) is 0.279. The van der Waals surface area contributed by atoms with E-state index in [0.717, 1.165) is 17.6 Å². The summed E-state index contributed by atoms with van der Waals surface area (Å²) in [5, 5.41) is 3.63. The zero-order chi connectivity index (χ0) is 24.9. The Bertz CT molecular complexity index is 1550. The number of H-pyrrole nitrogens is 1. The molecule has 5 aromatic rings. The number of nitrogens with zero attached hydrogens (tertiary/aromatic N) is 1. The van der Waals surface area contributed by atoms with Crippen LogP contribution < -0.4 is 20.3 Å². The van der Waals surface area contributed by atoms with Gasteiger partial charge in [-0.05, 0) is 67.1 Å². The van der Waals surface area contributed by atoms with Crippen LogP contribution in [0.4, 0.5) is 5.69 Å². The third-order valence-corrected chi connectivity index (χ3v) is 5.56. The fourth-order valence-electron chi connectivity index (χ4n) is 3.87. The van der Waals surface area contributed by atoms with Crippen LogP contribution >= 0.6 is 0 Å². The summed E-state index contributed by atoms with van der Waals surface area (Å²) in [6.07, 6.45) is 0.915. The third-order valence-electron chi connectivity index (χ3n) is 5.56. The van der Waals surface area contributed by atoms with E-state index in [2.05, 4.69) is 10.3 Å². The highest BCUT2D eigenvalue weighted by atomic mass is 16.5. The molecule has 180 valence electrons. The Hall–Kier alpha value is -4.78. The molecule has 0 aliphatic carbocycles. The zero-order valence-corrected chi connectivity index (χ0v) is 19.7. The number of carbonyl (C=O) groups is 1. The van der Waals surface area contributed by atoms with Crippen molar-refractivity contribution in [2.75, 3.05) is 11.9 Å². The Morgan fingerprint density at radius 3 is 2.42 bits per heavy atom. The Kier molecular flexibility index (Phi) is 6.53. The molecular weight excluding hydrogens is 454 g/mol. The van der Waals surface area contributed by atoms with Crippen molar-refractivity contribution in [2.45, 2.75) is 13.3 Å². The Balaban J connectivity index is 1.39. The van der Waals surface area contributed by atoms with Crippen LogP contribution in [0.2, 0.25) is 0 Å². The van der Waals surface area contributed by atoms with E-state index >= 15 is 0 Å². The van der Waals surface area contributed by atoms with Gasteiger partial charge in [0, 0.05) is 23.2 Å². The molecule has 0 spiro atoms. The molecule has 3 aromatic carbocycles. The van der Waals surface area contributed by atoms with Crippen molar-refractivity contribution >= 4 is 22.6 Å². The third kappa shape index (κ3) is 5.00. The van der Waals surface area contributed by atoms with Crippen molar-refractivity contribution in [3.05, 3.63) is 113 Å². The first kappa shape index (κ1) is 23.0. The molecule has 0 aliphatic rings. The summed E-state index contributed by atoms with van der Waals surface area (Å²) in [5.41, 5.74) is 1.93. The van der Waals surface area contributed by atoms with E-state index in [0.29, 0.717) is 40.8 Å². The van der Waals surface area contributed by atoms with Crippen LogP contribution in [-0.4, -0.2) is 22.1 Å². The molecule has 0 atom stereocenters. The van der Waals surface area contributed by atoms with Crippen molar-refractivity contribution < 1.29 is 14.3 Å². The van der Waals surface area contributed by atoms with Gasteiger partial charge in [0.15, 0.2) is 0 Å². The molecule has 7 nitrogen and oxygen atoms in total. The molecule has 0 saturated carbocycles. The van der Waals surface area contributed by atoms with E-state index in [9.17, 15) is 9.59 Å². The fraction of sp³-hybridized carbons (Fsp3) is 0.103. The van der Waals surface area contributed by atoms with Gasteiger partial charge in [0.2, 0.25) is 0 Å². The molecule has 1 amide bonds. The number of ether oxygens (including phenoxy) is 2. The summed E-state index contributed by atoms with van der Waals surface area (Å²) >= 11 is 0. The lowest BCUT2D eigenvalue weighted by molar-refractivity contribution is 0.102. The van der Waals surface area contributed by atoms with E-state index in [4.69, 9.17) is 9.47 Å². The molecule has 0 aliphatic heterocycles. The minimum absolute atomic E-state index is 0.204. The average molecular weight is 480 g/mol. The molecular formula is C29H25N3O4. The number of para-hydroxylation sites is 1. The number of rotatable bonds is 8. The number of aromatic amines is 1.